The number of alkyl halides is 3. The molecule has 7 nitrogen and oxygen atoms in total. The summed E-state index contributed by atoms with van der Waals surface area (Å²) in [6.45, 7) is 0. The molecule has 0 radical (unpaired) electrons. The lowest BCUT2D eigenvalue weighted by Crippen LogP contribution is -2.41. The molecule has 1 aromatic carbocycles. The smallest absolute Gasteiger partial charge is 0.384 e. The van der Waals surface area contributed by atoms with E-state index in [1.165, 1.54) is 13.1 Å². The van der Waals surface area contributed by atoms with E-state index in [0.29, 0.717) is 4.57 Å². The maximum Gasteiger partial charge on any atom is 0.416 e. The Morgan fingerprint density at radius 1 is 1.22 bits per heavy atom. The van der Waals surface area contributed by atoms with Gasteiger partial charge in [-0.25, -0.2) is 4.79 Å². The number of Topliss-reactive ketones (excluding diaryl/α,β-unsaturated/α-hetero) is 1. The van der Waals surface area contributed by atoms with Gasteiger partial charge in [-0.1, -0.05) is 12.1 Å². The summed E-state index contributed by atoms with van der Waals surface area (Å²) in [4.78, 5) is 36.6. The first kappa shape index (κ1) is 19.7. The van der Waals surface area contributed by atoms with Gasteiger partial charge in [0.15, 0.2) is 0 Å². The van der Waals surface area contributed by atoms with Crippen LogP contribution in [0.25, 0.3) is 6.08 Å². The molecular weight excluding hydrogens is 365 g/mol. The highest BCUT2D eigenvalue weighted by molar-refractivity contribution is 6.16. The SMILES string of the molecule is Cn1c(N)c(C(=O)/C(C#N)=C/c2cccc(C(F)(F)F)c2)c(=O)n(C)c1=O. The summed E-state index contributed by atoms with van der Waals surface area (Å²) in [6.07, 6.45) is -3.68. The van der Waals surface area contributed by atoms with E-state index in [1.807, 2.05) is 0 Å². The summed E-state index contributed by atoms with van der Waals surface area (Å²) < 4.78 is 39.9. The van der Waals surface area contributed by atoms with Crippen molar-refractivity contribution in [3.05, 3.63) is 67.4 Å². The molecule has 0 saturated carbocycles. The van der Waals surface area contributed by atoms with Crippen LogP contribution in [-0.4, -0.2) is 14.9 Å². The maximum absolute atomic E-state index is 12.8. The zero-order valence-electron chi connectivity index (χ0n) is 14.2. The first-order chi connectivity index (χ1) is 12.5. The number of carbonyl (C=O) groups excluding carboxylic acids is 1. The number of nitriles is 1. The Kier molecular flexibility index (Phi) is 5.07. The summed E-state index contributed by atoms with van der Waals surface area (Å²) in [5, 5.41) is 9.24. The second kappa shape index (κ2) is 6.95. The van der Waals surface area contributed by atoms with Gasteiger partial charge in [-0.2, -0.15) is 18.4 Å². The second-order valence-electron chi connectivity index (χ2n) is 5.59. The first-order valence-electron chi connectivity index (χ1n) is 7.38. The van der Waals surface area contributed by atoms with Crippen molar-refractivity contribution in [2.75, 3.05) is 5.73 Å². The summed E-state index contributed by atoms with van der Waals surface area (Å²) in [5.74, 6) is -1.54. The standard InChI is InChI=1S/C17H13F3N4O3/c1-23-14(22)12(15(26)24(2)16(23)27)13(25)10(8-21)6-9-4-3-5-11(7-9)17(18,19)20/h3-7H,22H2,1-2H3/b10-6+. The minimum Gasteiger partial charge on any atom is -0.384 e. The Labute approximate surface area is 150 Å². The van der Waals surface area contributed by atoms with Gasteiger partial charge in [0, 0.05) is 14.1 Å². The molecule has 0 saturated heterocycles. The Balaban J connectivity index is 2.63. The Morgan fingerprint density at radius 2 is 1.85 bits per heavy atom. The minimum atomic E-state index is -4.60. The monoisotopic (exact) mass is 378 g/mol. The number of anilines is 1. The molecular formula is C17H13F3N4O3. The van der Waals surface area contributed by atoms with Crippen LogP contribution >= 0.6 is 0 Å². The third-order valence-electron chi connectivity index (χ3n) is 3.83. The van der Waals surface area contributed by atoms with E-state index in [-0.39, 0.29) is 5.56 Å². The van der Waals surface area contributed by atoms with Crippen LogP contribution in [0.4, 0.5) is 19.0 Å². The maximum atomic E-state index is 12.8. The van der Waals surface area contributed by atoms with Crippen molar-refractivity contribution < 1.29 is 18.0 Å². The summed E-state index contributed by atoms with van der Waals surface area (Å²) in [7, 11) is 2.36. The van der Waals surface area contributed by atoms with Crippen LogP contribution in [0.5, 0.6) is 0 Å². The lowest BCUT2D eigenvalue weighted by atomic mass is 10.0. The van der Waals surface area contributed by atoms with Crippen LogP contribution in [-0.2, 0) is 20.3 Å². The molecule has 0 aliphatic carbocycles. The number of nitrogens with zero attached hydrogens (tertiary/aromatic N) is 3. The molecule has 0 amide bonds. The Morgan fingerprint density at radius 3 is 2.41 bits per heavy atom. The van der Waals surface area contributed by atoms with Crippen molar-refractivity contribution in [1.82, 2.24) is 9.13 Å². The fraction of sp³-hybridized carbons (Fsp3) is 0.176. The molecule has 2 rings (SSSR count). The third kappa shape index (κ3) is 3.67. The van der Waals surface area contributed by atoms with Crippen molar-refractivity contribution in [3.63, 3.8) is 0 Å². The predicted octanol–water partition coefficient (Wildman–Crippen LogP) is 1.47. The van der Waals surface area contributed by atoms with Crippen LogP contribution in [0.1, 0.15) is 21.5 Å². The normalized spacial score (nSPS) is 11.9. The average Bonchev–Trinajstić information content (AvgIpc) is 2.62. The molecule has 0 bridgehead atoms. The largest absolute Gasteiger partial charge is 0.416 e. The lowest BCUT2D eigenvalue weighted by Gasteiger charge is -2.10. The van der Waals surface area contributed by atoms with E-state index >= 15 is 0 Å². The molecule has 0 fully saturated rings. The minimum absolute atomic E-state index is 0.0602. The van der Waals surface area contributed by atoms with Gasteiger partial charge in [0.1, 0.15) is 23.0 Å². The number of allylic oxidation sites excluding steroid dienone is 1. The Hall–Kier alpha value is -3.61. The number of nitrogens with two attached hydrogens (primary N) is 1. The van der Waals surface area contributed by atoms with Crippen LogP contribution in [0.3, 0.4) is 0 Å². The van der Waals surface area contributed by atoms with Crippen LogP contribution in [0.15, 0.2) is 39.4 Å². The van der Waals surface area contributed by atoms with Gasteiger partial charge < -0.3 is 5.73 Å². The number of hydrogen-bond acceptors (Lipinski definition) is 5. The second-order valence-corrected chi connectivity index (χ2v) is 5.59. The topological polar surface area (TPSA) is 111 Å². The average molecular weight is 378 g/mol. The molecule has 27 heavy (non-hydrogen) atoms. The molecule has 1 aromatic heterocycles. The molecule has 0 spiro atoms. The van der Waals surface area contributed by atoms with Crippen molar-refractivity contribution >= 4 is 17.7 Å². The zero-order valence-corrected chi connectivity index (χ0v) is 14.2. The summed E-state index contributed by atoms with van der Waals surface area (Å²) >= 11 is 0. The molecule has 0 aliphatic rings. The van der Waals surface area contributed by atoms with Crippen molar-refractivity contribution in [2.24, 2.45) is 14.1 Å². The fourth-order valence-corrected chi connectivity index (χ4v) is 2.33. The van der Waals surface area contributed by atoms with Gasteiger partial charge in [0.25, 0.3) is 5.56 Å². The van der Waals surface area contributed by atoms with Crippen LogP contribution in [0, 0.1) is 11.3 Å². The van der Waals surface area contributed by atoms with Crippen LogP contribution < -0.4 is 17.0 Å². The van der Waals surface area contributed by atoms with Crippen molar-refractivity contribution in [3.8, 4) is 6.07 Å². The van der Waals surface area contributed by atoms with Gasteiger partial charge >= 0.3 is 11.9 Å². The highest BCUT2D eigenvalue weighted by Gasteiger charge is 2.30. The number of aromatic nitrogens is 2. The number of halogens is 3. The molecule has 0 unspecified atom stereocenters. The van der Waals surface area contributed by atoms with Crippen molar-refractivity contribution in [2.45, 2.75) is 6.18 Å². The van der Waals surface area contributed by atoms with Gasteiger partial charge in [0.05, 0.1) is 5.56 Å². The molecule has 2 aromatic rings. The van der Waals surface area contributed by atoms with E-state index in [2.05, 4.69) is 0 Å². The van der Waals surface area contributed by atoms with E-state index in [0.717, 1.165) is 35.9 Å². The number of nitrogen functional groups attached to an aromatic ring is 1. The highest BCUT2D eigenvalue weighted by atomic mass is 19.4. The van der Waals surface area contributed by atoms with Gasteiger partial charge in [-0.05, 0) is 23.8 Å². The fourth-order valence-electron chi connectivity index (χ4n) is 2.33. The third-order valence-corrected chi connectivity index (χ3v) is 3.83. The molecule has 140 valence electrons. The van der Waals surface area contributed by atoms with Gasteiger partial charge in [-0.3, -0.25) is 18.7 Å². The van der Waals surface area contributed by atoms with E-state index in [4.69, 9.17) is 5.73 Å². The van der Waals surface area contributed by atoms with Gasteiger partial charge in [0.2, 0.25) is 5.78 Å². The molecule has 0 aliphatic heterocycles. The molecule has 0 atom stereocenters. The summed E-state index contributed by atoms with van der Waals surface area (Å²) in [6, 6.07) is 5.53. The van der Waals surface area contributed by atoms with E-state index < -0.39 is 45.7 Å². The number of carbonyl (C=O) groups is 1. The molecule has 1 heterocycles. The zero-order chi connectivity index (χ0) is 20.5. The Bertz CT molecular complexity index is 1120. The number of rotatable bonds is 3. The summed E-state index contributed by atoms with van der Waals surface area (Å²) in [5.41, 5.74) is 1.66. The predicted molar refractivity (Wildman–Crippen MR) is 90.7 cm³/mol. The number of ketones is 1. The molecule has 10 heteroatoms. The van der Waals surface area contributed by atoms with E-state index in [1.54, 1.807) is 6.07 Å². The number of hydrogen-bond donors (Lipinski definition) is 1. The quantitative estimate of drug-likeness (QED) is 0.494. The highest BCUT2D eigenvalue weighted by Crippen LogP contribution is 2.30. The van der Waals surface area contributed by atoms with E-state index in [9.17, 15) is 32.8 Å². The first-order valence-corrected chi connectivity index (χ1v) is 7.38. The molecule has 2 N–H and O–H groups in total. The van der Waals surface area contributed by atoms with Crippen LogP contribution in [0.2, 0.25) is 0 Å². The van der Waals surface area contributed by atoms with Gasteiger partial charge in [-0.15, -0.1) is 0 Å². The number of benzene rings is 1. The van der Waals surface area contributed by atoms with Crippen molar-refractivity contribution in [1.29, 1.82) is 5.26 Å². The lowest BCUT2D eigenvalue weighted by molar-refractivity contribution is -0.137.